The summed E-state index contributed by atoms with van der Waals surface area (Å²) >= 11 is 3.57. The van der Waals surface area contributed by atoms with Crippen molar-refractivity contribution in [1.29, 1.82) is 0 Å². The van der Waals surface area contributed by atoms with Crippen LogP contribution in [0.3, 0.4) is 0 Å². The molecule has 0 unspecified atom stereocenters. The number of fused-ring (bicyclic) bond motifs is 1. The molecule has 0 aliphatic carbocycles. The third-order valence-corrected chi connectivity index (χ3v) is 4.85. The molecule has 128 valence electrons. The van der Waals surface area contributed by atoms with Gasteiger partial charge in [-0.25, -0.2) is 4.99 Å². The Hall–Kier alpha value is -2.65. The molecule has 0 bridgehead atoms. The van der Waals surface area contributed by atoms with Gasteiger partial charge >= 0.3 is 0 Å². The van der Waals surface area contributed by atoms with Crippen molar-refractivity contribution in [1.82, 2.24) is 0 Å². The molecule has 1 N–H and O–H groups in total. The van der Waals surface area contributed by atoms with Crippen molar-refractivity contribution in [2.24, 2.45) is 0 Å². The second-order valence-electron chi connectivity index (χ2n) is 6.19. The van der Waals surface area contributed by atoms with Crippen LogP contribution in [0.4, 0.5) is 0 Å². The maximum Gasteiger partial charge on any atom is 0.213 e. The minimum Gasteiger partial charge on any atom is -0.456 e. The predicted octanol–water partition coefficient (Wildman–Crippen LogP) is 4.09. The van der Waals surface area contributed by atoms with Gasteiger partial charge in [0.25, 0.3) is 0 Å². The first-order chi connectivity index (χ1) is 12.8. The lowest BCUT2D eigenvalue weighted by atomic mass is 10.1. The molecule has 2 nitrogen and oxygen atoms in total. The zero-order chi connectivity index (χ0) is 17.8. The first kappa shape index (κ1) is 16.8. The van der Waals surface area contributed by atoms with E-state index in [4.69, 9.17) is 4.42 Å². The van der Waals surface area contributed by atoms with Crippen LogP contribution in [0.5, 0.6) is 0 Å². The molecule has 4 aromatic rings. The second-order valence-corrected chi connectivity index (χ2v) is 7.11. The molecule has 0 saturated carbocycles. The smallest absolute Gasteiger partial charge is 0.213 e. The Morgan fingerprint density at radius 2 is 1.54 bits per heavy atom. The predicted molar refractivity (Wildman–Crippen MR) is 108 cm³/mol. The van der Waals surface area contributed by atoms with Gasteiger partial charge in [0.1, 0.15) is 17.9 Å². The Morgan fingerprint density at radius 1 is 0.808 bits per heavy atom. The summed E-state index contributed by atoms with van der Waals surface area (Å²) in [5, 5.41) is 2.16. The molecule has 26 heavy (non-hydrogen) atoms. The number of hydrogen-bond donors (Lipinski definition) is 1. The standard InChI is InChI=1S/C23H18BrNO/c24-19-11-12-22-20(15-19)21(25-14-13-17-7-3-1-4-8-17)16-23(26-22)18-9-5-2-6-10-18/h1-12,15-16H,13-14H2/p+1. The lowest BCUT2D eigenvalue weighted by Gasteiger charge is -2.03. The van der Waals surface area contributed by atoms with E-state index in [0.29, 0.717) is 0 Å². The summed E-state index contributed by atoms with van der Waals surface area (Å²) < 4.78 is 7.19. The van der Waals surface area contributed by atoms with E-state index in [9.17, 15) is 0 Å². The monoisotopic (exact) mass is 404 g/mol. The molecule has 0 fully saturated rings. The normalized spacial score (nSPS) is 11.8. The quantitative estimate of drug-likeness (QED) is 0.544. The maximum absolute atomic E-state index is 6.15. The summed E-state index contributed by atoms with van der Waals surface area (Å²) in [6.45, 7) is 0.865. The highest BCUT2D eigenvalue weighted by Crippen LogP contribution is 2.23. The van der Waals surface area contributed by atoms with Crippen molar-refractivity contribution in [2.75, 3.05) is 6.54 Å². The van der Waals surface area contributed by atoms with Crippen molar-refractivity contribution < 1.29 is 9.41 Å². The molecule has 0 atom stereocenters. The van der Waals surface area contributed by atoms with Crippen molar-refractivity contribution in [3.8, 4) is 11.3 Å². The number of hydrogen-bond acceptors (Lipinski definition) is 1. The summed E-state index contributed by atoms with van der Waals surface area (Å²) in [5.74, 6) is 0.864. The number of halogens is 1. The molecule has 0 radical (unpaired) electrons. The van der Waals surface area contributed by atoms with E-state index in [2.05, 4.69) is 69.5 Å². The summed E-state index contributed by atoms with van der Waals surface area (Å²) in [7, 11) is 0. The minimum atomic E-state index is 0.864. The van der Waals surface area contributed by atoms with Crippen LogP contribution < -0.4 is 10.3 Å². The van der Waals surface area contributed by atoms with Gasteiger partial charge in [0, 0.05) is 16.5 Å². The van der Waals surface area contributed by atoms with E-state index < -0.39 is 0 Å². The Morgan fingerprint density at radius 3 is 2.31 bits per heavy atom. The van der Waals surface area contributed by atoms with Crippen LogP contribution in [0, 0.1) is 0 Å². The molecular formula is C23H19BrNO+. The lowest BCUT2D eigenvalue weighted by Crippen LogP contribution is -2.77. The van der Waals surface area contributed by atoms with Gasteiger partial charge in [0.05, 0.1) is 11.5 Å². The van der Waals surface area contributed by atoms with Crippen molar-refractivity contribution >= 4 is 26.9 Å². The maximum atomic E-state index is 6.15. The Bertz CT molecular complexity index is 1090. The van der Waals surface area contributed by atoms with Crippen LogP contribution in [0.25, 0.3) is 22.3 Å². The van der Waals surface area contributed by atoms with Crippen LogP contribution in [-0.2, 0) is 6.42 Å². The largest absolute Gasteiger partial charge is 0.456 e. The number of nitrogens with one attached hydrogen (secondary N) is 1. The highest BCUT2D eigenvalue weighted by molar-refractivity contribution is 9.10. The van der Waals surface area contributed by atoms with E-state index in [1.807, 2.05) is 36.4 Å². The molecule has 0 aliphatic heterocycles. The van der Waals surface area contributed by atoms with Gasteiger partial charge in [-0.05, 0) is 23.8 Å². The summed E-state index contributed by atoms with van der Waals surface area (Å²) in [6, 6.07) is 28.9. The van der Waals surface area contributed by atoms with Crippen LogP contribution in [0.1, 0.15) is 5.56 Å². The van der Waals surface area contributed by atoms with Crippen molar-refractivity contribution in [3.05, 3.63) is 100 Å². The van der Waals surface area contributed by atoms with Crippen LogP contribution in [-0.4, -0.2) is 6.54 Å². The van der Waals surface area contributed by atoms with Gasteiger partial charge in [0.2, 0.25) is 5.36 Å². The van der Waals surface area contributed by atoms with Gasteiger partial charge in [0.15, 0.2) is 0 Å². The van der Waals surface area contributed by atoms with Crippen LogP contribution in [0.15, 0.2) is 93.8 Å². The highest BCUT2D eigenvalue weighted by Gasteiger charge is 2.09. The lowest BCUT2D eigenvalue weighted by molar-refractivity contribution is -0.498. The highest BCUT2D eigenvalue weighted by atomic mass is 79.9. The molecule has 0 aliphatic rings. The van der Waals surface area contributed by atoms with Crippen molar-refractivity contribution in [3.63, 3.8) is 0 Å². The van der Waals surface area contributed by atoms with E-state index in [1.165, 1.54) is 5.56 Å². The fraction of sp³-hybridized carbons (Fsp3) is 0.0870. The van der Waals surface area contributed by atoms with E-state index >= 15 is 0 Å². The first-order valence-electron chi connectivity index (χ1n) is 8.69. The van der Waals surface area contributed by atoms with Gasteiger partial charge in [-0.1, -0.05) is 76.6 Å². The number of benzene rings is 3. The Balaban J connectivity index is 1.78. The van der Waals surface area contributed by atoms with Crippen LogP contribution in [0.2, 0.25) is 0 Å². The molecule has 1 heterocycles. The fourth-order valence-electron chi connectivity index (χ4n) is 3.04. The number of rotatable bonds is 4. The van der Waals surface area contributed by atoms with Gasteiger partial charge in [-0.3, -0.25) is 0 Å². The summed E-state index contributed by atoms with van der Waals surface area (Å²) in [4.78, 5) is 3.59. The molecule has 0 spiro atoms. The molecule has 4 rings (SSSR count). The summed E-state index contributed by atoms with van der Waals surface area (Å²) in [5.41, 5.74) is 3.27. The topological polar surface area (TPSA) is 27.1 Å². The summed E-state index contributed by atoms with van der Waals surface area (Å²) in [6.07, 6.45) is 0.975. The second kappa shape index (κ2) is 7.71. The molecule has 0 saturated heterocycles. The zero-order valence-corrected chi connectivity index (χ0v) is 15.9. The average Bonchev–Trinajstić information content (AvgIpc) is 2.69. The van der Waals surface area contributed by atoms with Gasteiger partial charge in [-0.15, -0.1) is 0 Å². The van der Waals surface area contributed by atoms with E-state index in [1.54, 1.807) is 0 Å². The Labute approximate surface area is 161 Å². The minimum absolute atomic E-state index is 0.864. The molecule has 1 aromatic heterocycles. The van der Waals surface area contributed by atoms with Crippen molar-refractivity contribution in [2.45, 2.75) is 6.42 Å². The molecule has 3 heteroatoms. The Kier molecular flexibility index (Phi) is 4.98. The average molecular weight is 405 g/mol. The van der Waals surface area contributed by atoms with Gasteiger partial charge < -0.3 is 4.42 Å². The first-order valence-corrected chi connectivity index (χ1v) is 9.48. The fourth-order valence-corrected chi connectivity index (χ4v) is 3.40. The zero-order valence-electron chi connectivity index (χ0n) is 14.3. The third-order valence-electron chi connectivity index (χ3n) is 4.36. The molecular weight excluding hydrogens is 386 g/mol. The van der Waals surface area contributed by atoms with E-state index in [0.717, 1.165) is 45.1 Å². The molecule has 3 aromatic carbocycles. The SMILES string of the molecule is Brc1ccc2oc(-c3ccccc3)cc(=[NH+]CCc3ccccc3)c2c1. The van der Waals surface area contributed by atoms with E-state index in [-0.39, 0.29) is 0 Å². The molecule has 0 amide bonds. The van der Waals surface area contributed by atoms with Crippen LogP contribution >= 0.6 is 15.9 Å². The van der Waals surface area contributed by atoms with Gasteiger partial charge in [-0.2, -0.15) is 0 Å². The third kappa shape index (κ3) is 3.78.